The number of nitrogens with one attached hydrogen (secondary N) is 3. The Hall–Kier alpha value is -6.41. The van der Waals surface area contributed by atoms with Crippen LogP contribution in [0.3, 0.4) is 0 Å². The highest BCUT2D eigenvalue weighted by molar-refractivity contribution is 6.01. The summed E-state index contributed by atoms with van der Waals surface area (Å²) in [6, 6.07) is 11.0. The smallest absolute Gasteiger partial charge is 0.349 e. The number of carbonyl (C=O) groups excluding carboxylic acids is 6. The largest absolute Gasteiger partial charge is 0.484 e. The summed E-state index contributed by atoms with van der Waals surface area (Å²) in [6.45, 7) is 5.09. The lowest BCUT2D eigenvalue weighted by Crippen LogP contribution is -2.32. The van der Waals surface area contributed by atoms with Crippen molar-refractivity contribution in [2.75, 3.05) is 119 Å². The summed E-state index contributed by atoms with van der Waals surface area (Å²) in [7, 11) is 0. The van der Waals surface area contributed by atoms with Crippen molar-refractivity contribution in [1.82, 2.24) is 31.3 Å². The molecule has 5 amide bonds. The Morgan fingerprint density at radius 2 is 1.16 bits per heavy atom. The van der Waals surface area contributed by atoms with Crippen molar-refractivity contribution in [2.45, 2.75) is 32.1 Å². The number of hydroxylamine groups is 2. The maximum atomic E-state index is 12.7. The highest BCUT2D eigenvalue weighted by Crippen LogP contribution is 2.21. The normalized spacial score (nSPS) is 12.5. The van der Waals surface area contributed by atoms with Gasteiger partial charge in [0, 0.05) is 62.7 Å². The van der Waals surface area contributed by atoms with E-state index in [4.69, 9.17) is 47.1 Å². The van der Waals surface area contributed by atoms with Crippen LogP contribution in [-0.4, -0.2) is 170 Å². The zero-order chi connectivity index (χ0) is 48.2. The fraction of sp³-hybridized carbons (Fsp3) is 0.523. The molecule has 68 heavy (non-hydrogen) atoms. The maximum Gasteiger partial charge on any atom is 0.349 e. The third-order valence-electron chi connectivity index (χ3n) is 9.42. The number of rotatable bonds is 35. The van der Waals surface area contributed by atoms with E-state index in [0.717, 1.165) is 0 Å². The number of carbonyl (C=O) groups is 6. The Morgan fingerprint density at radius 1 is 0.588 bits per heavy atom. The first-order chi connectivity index (χ1) is 33.2. The number of ether oxygens (including phenoxy) is 8. The average molecular weight is 957 g/mol. The standard InChI is InChI=1S/C44H56N6O18/c51-38(45-12-16-61-20-24-64-26-25-63-23-19-60-15-9-41(54)67-50-39(52)7-8-40(50)53)30-65-33-5-3-31-27-34(44(57)66-37(31)29-33)43(56)47-11-2-14-59-18-22-62-21-17-58-13-1-10-46-42(55)32-4-6-35-36(28-32)49-68-48-35/h3-6,27-29H,1-2,7-26,30H2,(H,45,51)(H,46,55)(H,47,56). The Labute approximate surface area is 389 Å². The number of imide groups is 1. The molecule has 0 radical (unpaired) electrons. The molecule has 1 fully saturated rings. The molecule has 1 aliphatic heterocycles. The molecule has 0 atom stereocenters. The number of hydrogen-bond donors (Lipinski definition) is 3. The lowest BCUT2D eigenvalue weighted by Gasteiger charge is -2.12. The Morgan fingerprint density at radius 3 is 1.81 bits per heavy atom. The van der Waals surface area contributed by atoms with Crippen LogP contribution in [0.5, 0.6) is 5.75 Å². The monoisotopic (exact) mass is 956 g/mol. The second kappa shape index (κ2) is 30.1. The van der Waals surface area contributed by atoms with Crippen LogP contribution < -0.4 is 26.3 Å². The predicted octanol–water partition coefficient (Wildman–Crippen LogP) is 0.878. The molecule has 0 saturated carbocycles. The van der Waals surface area contributed by atoms with Crippen LogP contribution >= 0.6 is 0 Å². The first kappa shape index (κ1) is 52.6. The van der Waals surface area contributed by atoms with Gasteiger partial charge < -0.3 is 63.1 Å². The van der Waals surface area contributed by atoms with Gasteiger partial charge in [0.25, 0.3) is 29.5 Å². The third-order valence-corrected chi connectivity index (χ3v) is 9.42. The minimum absolute atomic E-state index is 0.0316. The van der Waals surface area contributed by atoms with Gasteiger partial charge >= 0.3 is 11.6 Å². The van der Waals surface area contributed by atoms with Gasteiger partial charge in [-0.15, -0.1) is 5.06 Å². The molecule has 0 spiro atoms. The highest BCUT2D eigenvalue weighted by Gasteiger charge is 2.32. The van der Waals surface area contributed by atoms with Gasteiger partial charge in [0.05, 0.1) is 85.7 Å². The summed E-state index contributed by atoms with van der Waals surface area (Å²) in [5.74, 6) is -2.70. The van der Waals surface area contributed by atoms with Crippen LogP contribution in [-0.2, 0) is 57.2 Å². The highest BCUT2D eigenvalue weighted by atomic mass is 16.7. The third kappa shape index (κ3) is 19.1. The van der Waals surface area contributed by atoms with E-state index in [1.165, 1.54) is 12.1 Å². The summed E-state index contributed by atoms with van der Waals surface area (Å²) in [6.07, 6.45) is 1.09. The topological polar surface area (TPSA) is 294 Å². The Balaban J connectivity index is 0.787. The summed E-state index contributed by atoms with van der Waals surface area (Å²) in [5, 5.41) is 16.6. The first-order valence-electron chi connectivity index (χ1n) is 22.0. The van der Waals surface area contributed by atoms with E-state index in [2.05, 4.69) is 30.9 Å². The zero-order valence-electron chi connectivity index (χ0n) is 37.5. The van der Waals surface area contributed by atoms with E-state index in [9.17, 15) is 33.6 Å². The van der Waals surface area contributed by atoms with Crippen LogP contribution in [0, 0.1) is 0 Å². The molecule has 5 rings (SSSR count). The minimum atomic E-state index is -0.819. The van der Waals surface area contributed by atoms with Gasteiger partial charge in [0.2, 0.25) is 0 Å². The van der Waals surface area contributed by atoms with Gasteiger partial charge in [-0.3, -0.25) is 24.0 Å². The summed E-state index contributed by atoms with van der Waals surface area (Å²) in [4.78, 5) is 89.2. The van der Waals surface area contributed by atoms with Gasteiger partial charge in [-0.25, -0.2) is 14.2 Å². The zero-order valence-corrected chi connectivity index (χ0v) is 37.5. The molecular formula is C44H56N6O18. The van der Waals surface area contributed by atoms with E-state index in [0.29, 0.717) is 118 Å². The van der Waals surface area contributed by atoms with Gasteiger partial charge in [-0.2, -0.15) is 0 Å². The molecule has 2 aromatic heterocycles. The van der Waals surface area contributed by atoms with Gasteiger partial charge in [-0.05, 0) is 59.6 Å². The number of amides is 5. The van der Waals surface area contributed by atoms with E-state index in [-0.39, 0.29) is 88.3 Å². The van der Waals surface area contributed by atoms with Crippen molar-refractivity contribution >= 4 is 57.5 Å². The van der Waals surface area contributed by atoms with Crippen molar-refractivity contribution < 1.29 is 80.5 Å². The Kier molecular flexibility index (Phi) is 23.2. The number of fused-ring (bicyclic) bond motifs is 2. The molecule has 3 N–H and O–H groups in total. The number of hydrogen-bond acceptors (Lipinski definition) is 20. The summed E-state index contributed by atoms with van der Waals surface area (Å²) >= 11 is 0. The molecule has 0 bridgehead atoms. The molecule has 370 valence electrons. The molecule has 2 aromatic carbocycles. The van der Waals surface area contributed by atoms with Crippen LogP contribution in [0.2, 0.25) is 0 Å². The number of nitrogens with zero attached hydrogens (tertiary/aromatic N) is 3. The van der Waals surface area contributed by atoms with Crippen LogP contribution in [0.15, 0.2) is 56.3 Å². The van der Waals surface area contributed by atoms with E-state index < -0.39 is 29.3 Å². The van der Waals surface area contributed by atoms with Crippen molar-refractivity contribution in [3.8, 4) is 5.75 Å². The fourth-order valence-electron chi connectivity index (χ4n) is 5.94. The molecule has 1 aliphatic rings. The molecule has 24 nitrogen and oxygen atoms in total. The van der Waals surface area contributed by atoms with Crippen LogP contribution in [0.4, 0.5) is 0 Å². The van der Waals surface area contributed by atoms with Gasteiger partial charge in [-0.1, -0.05) is 0 Å². The lowest BCUT2D eigenvalue weighted by molar-refractivity contribution is -0.198. The van der Waals surface area contributed by atoms with Crippen molar-refractivity contribution in [3.63, 3.8) is 0 Å². The van der Waals surface area contributed by atoms with E-state index in [1.54, 1.807) is 30.3 Å². The number of benzene rings is 2. The molecule has 0 unspecified atom stereocenters. The minimum Gasteiger partial charge on any atom is -0.484 e. The SMILES string of the molecule is O=C(COc1ccc2cc(C(=O)NCCCOCCOCCOCCCNC(=O)c3ccc4nonc4c3)c(=O)oc2c1)NCCOCCOCCOCCOCCC(=O)ON1C(=O)CCC1=O. The van der Waals surface area contributed by atoms with E-state index >= 15 is 0 Å². The molecular weight excluding hydrogens is 901 g/mol. The second-order valence-corrected chi connectivity index (χ2v) is 14.6. The van der Waals surface area contributed by atoms with Gasteiger partial charge in [0.15, 0.2) is 6.61 Å². The maximum absolute atomic E-state index is 12.7. The van der Waals surface area contributed by atoms with Crippen molar-refractivity contribution in [1.29, 1.82) is 0 Å². The Bertz CT molecular complexity index is 2290. The average Bonchev–Trinajstić information content (AvgIpc) is 3.94. The quantitative estimate of drug-likeness (QED) is 0.0328. The van der Waals surface area contributed by atoms with Crippen molar-refractivity contribution in [3.05, 3.63) is 64.0 Å². The molecule has 3 heterocycles. The molecule has 24 heteroatoms. The molecule has 4 aromatic rings. The van der Waals surface area contributed by atoms with E-state index in [1.807, 2.05) is 0 Å². The second-order valence-electron chi connectivity index (χ2n) is 14.6. The van der Waals surface area contributed by atoms with Crippen LogP contribution in [0.25, 0.3) is 22.0 Å². The number of aromatic nitrogens is 2. The van der Waals surface area contributed by atoms with Crippen LogP contribution in [0.1, 0.15) is 52.8 Å². The van der Waals surface area contributed by atoms with Crippen molar-refractivity contribution in [2.24, 2.45) is 0 Å². The molecule has 1 saturated heterocycles. The lowest BCUT2D eigenvalue weighted by atomic mass is 10.1. The fourth-order valence-corrected chi connectivity index (χ4v) is 5.94. The summed E-state index contributed by atoms with van der Waals surface area (Å²) in [5.41, 5.74) is 0.788. The first-order valence-corrected chi connectivity index (χ1v) is 22.0. The summed E-state index contributed by atoms with van der Waals surface area (Å²) < 4.78 is 53.7. The predicted molar refractivity (Wildman–Crippen MR) is 234 cm³/mol. The van der Waals surface area contributed by atoms with Gasteiger partial charge in [0.1, 0.15) is 27.9 Å². The molecule has 0 aliphatic carbocycles.